The zero-order valence-corrected chi connectivity index (χ0v) is 13.4. The minimum Gasteiger partial charge on any atom is -0.346 e. The van der Waals surface area contributed by atoms with Crippen molar-refractivity contribution in [2.45, 2.75) is 26.9 Å². The molecule has 1 aromatic heterocycles. The van der Waals surface area contributed by atoms with Gasteiger partial charge >= 0.3 is 0 Å². The summed E-state index contributed by atoms with van der Waals surface area (Å²) in [6, 6.07) is 6.16. The second-order valence-corrected chi connectivity index (χ2v) is 5.50. The van der Waals surface area contributed by atoms with Crippen molar-refractivity contribution in [3.8, 4) is 0 Å². The summed E-state index contributed by atoms with van der Waals surface area (Å²) < 4.78 is 2.33. The Hall–Kier alpha value is -1.03. The van der Waals surface area contributed by atoms with Crippen molar-refractivity contribution in [3.05, 3.63) is 35.0 Å². The normalized spacial score (nSPS) is 11.7. The maximum absolute atomic E-state index is 6.15. The van der Waals surface area contributed by atoms with Gasteiger partial charge in [0.1, 0.15) is 0 Å². The van der Waals surface area contributed by atoms with Crippen molar-refractivity contribution in [1.82, 2.24) is 14.8 Å². The second-order valence-electron chi connectivity index (χ2n) is 5.07. The standard InChI is InChI=1S/C16H24ClN3/c1-4-19(5-2)8-9-20-12-13(11-18-3)15-7-6-14(17)10-16(15)20/h6-7,10,12,18H,4-5,8-9,11H2,1-3H3. The number of benzene rings is 1. The molecule has 0 spiro atoms. The lowest BCUT2D eigenvalue weighted by Gasteiger charge is -2.18. The maximum atomic E-state index is 6.15. The third-order valence-corrected chi connectivity index (χ3v) is 4.08. The number of rotatable bonds is 7. The molecule has 110 valence electrons. The molecule has 1 heterocycles. The molecule has 0 bridgehead atoms. The molecule has 0 aliphatic rings. The predicted octanol–water partition coefficient (Wildman–Crippen LogP) is 3.36. The van der Waals surface area contributed by atoms with E-state index < -0.39 is 0 Å². The Morgan fingerprint density at radius 2 is 2.00 bits per heavy atom. The van der Waals surface area contributed by atoms with Gasteiger partial charge in [0.2, 0.25) is 0 Å². The first-order chi connectivity index (χ1) is 9.69. The van der Waals surface area contributed by atoms with E-state index in [1.807, 2.05) is 13.1 Å². The molecule has 0 fully saturated rings. The number of nitrogens with zero attached hydrogens (tertiary/aromatic N) is 2. The summed E-state index contributed by atoms with van der Waals surface area (Å²) >= 11 is 6.15. The van der Waals surface area contributed by atoms with E-state index in [-0.39, 0.29) is 0 Å². The SMILES string of the molecule is CCN(CC)CCn1cc(CNC)c2ccc(Cl)cc21. The lowest BCUT2D eigenvalue weighted by molar-refractivity contribution is 0.292. The Labute approximate surface area is 126 Å². The van der Waals surface area contributed by atoms with Crippen LogP contribution < -0.4 is 5.32 Å². The molecule has 0 saturated carbocycles. The van der Waals surface area contributed by atoms with Gasteiger partial charge in [-0.25, -0.2) is 0 Å². The van der Waals surface area contributed by atoms with Crippen molar-refractivity contribution in [3.63, 3.8) is 0 Å². The summed E-state index contributed by atoms with van der Waals surface area (Å²) in [4.78, 5) is 2.44. The third-order valence-electron chi connectivity index (χ3n) is 3.85. The highest BCUT2D eigenvalue weighted by atomic mass is 35.5. The van der Waals surface area contributed by atoms with Gasteiger partial charge in [-0.3, -0.25) is 0 Å². The van der Waals surface area contributed by atoms with E-state index in [4.69, 9.17) is 11.6 Å². The molecule has 2 aromatic rings. The number of halogens is 1. The van der Waals surface area contributed by atoms with E-state index in [0.29, 0.717) is 0 Å². The van der Waals surface area contributed by atoms with Crippen molar-refractivity contribution < 1.29 is 0 Å². The van der Waals surface area contributed by atoms with Crippen molar-refractivity contribution in [1.29, 1.82) is 0 Å². The predicted molar refractivity (Wildman–Crippen MR) is 87.5 cm³/mol. The molecule has 0 aliphatic heterocycles. The largest absolute Gasteiger partial charge is 0.346 e. The number of hydrogen-bond donors (Lipinski definition) is 1. The van der Waals surface area contributed by atoms with Crippen LogP contribution in [0.15, 0.2) is 24.4 Å². The average Bonchev–Trinajstić information content (AvgIpc) is 2.78. The van der Waals surface area contributed by atoms with Crippen LogP contribution in [0.2, 0.25) is 5.02 Å². The van der Waals surface area contributed by atoms with Crippen molar-refractivity contribution in [2.24, 2.45) is 0 Å². The molecule has 20 heavy (non-hydrogen) atoms. The average molecular weight is 294 g/mol. The van der Waals surface area contributed by atoms with Gasteiger partial charge in [0.15, 0.2) is 0 Å². The summed E-state index contributed by atoms with van der Waals surface area (Å²) in [6.07, 6.45) is 2.25. The van der Waals surface area contributed by atoms with Crippen LogP contribution in [0.1, 0.15) is 19.4 Å². The molecule has 0 saturated heterocycles. The zero-order valence-electron chi connectivity index (χ0n) is 12.6. The molecular weight excluding hydrogens is 270 g/mol. The van der Waals surface area contributed by atoms with Gasteiger partial charge in [-0.05, 0) is 37.8 Å². The molecule has 0 atom stereocenters. The van der Waals surface area contributed by atoms with E-state index in [1.165, 1.54) is 16.5 Å². The lowest BCUT2D eigenvalue weighted by Crippen LogP contribution is -2.26. The van der Waals surface area contributed by atoms with Crippen LogP contribution in [0.4, 0.5) is 0 Å². The Kier molecular flexibility index (Phi) is 5.46. The first-order valence-corrected chi connectivity index (χ1v) is 7.71. The number of aromatic nitrogens is 1. The Balaban J connectivity index is 2.29. The number of likely N-dealkylation sites (N-methyl/N-ethyl adjacent to an activating group) is 1. The fourth-order valence-electron chi connectivity index (χ4n) is 2.65. The fourth-order valence-corrected chi connectivity index (χ4v) is 2.81. The van der Waals surface area contributed by atoms with Crippen molar-refractivity contribution >= 4 is 22.5 Å². The van der Waals surface area contributed by atoms with Crippen LogP contribution >= 0.6 is 11.6 Å². The molecule has 0 amide bonds. The monoisotopic (exact) mass is 293 g/mol. The lowest BCUT2D eigenvalue weighted by atomic mass is 10.2. The summed E-state index contributed by atoms with van der Waals surface area (Å²) in [5.74, 6) is 0. The van der Waals surface area contributed by atoms with E-state index in [0.717, 1.165) is 37.7 Å². The van der Waals surface area contributed by atoms with Crippen LogP contribution in [-0.2, 0) is 13.1 Å². The molecule has 1 aromatic carbocycles. The summed E-state index contributed by atoms with van der Waals surface area (Å²) in [6.45, 7) is 9.57. The fraction of sp³-hybridized carbons (Fsp3) is 0.500. The van der Waals surface area contributed by atoms with Gasteiger partial charge in [0.25, 0.3) is 0 Å². The smallest absolute Gasteiger partial charge is 0.0499 e. The highest BCUT2D eigenvalue weighted by Gasteiger charge is 2.09. The third kappa shape index (κ3) is 3.35. The van der Waals surface area contributed by atoms with Gasteiger partial charge in [-0.1, -0.05) is 31.5 Å². The molecule has 2 rings (SSSR count). The Bertz CT molecular complexity index is 558. The van der Waals surface area contributed by atoms with Crippen LogP contribution in [0, 0.1) is 0 Å². The molecule has 0 unspecified atom stereocenters. The molecule has 4 heteroatoms. The van der Waals surface area contributed by atoms with Crippen LogP contribution in [0.3, 0.4) is 0 Å². The first-order valence-electron chi connectivity index (χ1n) is 7.33. The molecule has 1 N–H and O–H groups in total. The minimum absolute atomic E-state index is 0.802. The van der Waals surface area contributed by atoms with E-state index in [1.54, 1.807) is 0 Å². The van der Waals surface area contributed by atoms with Crippen LogP contribution in [-0.4, -0.2) is 36.1 Å². The van der Waals surface area contributed by atoms with Gasteiger partial charge in [0, 0.05) is 41.8 Å². The zero-order chi connectivity index (χ0) is 14.5. The van der Waals surface area contributed by atoms with E-state index in [9.17, 15) is 0 Å². The molecule has 0 radical (unpaired) electrons. The summed E-state index contributed by atoms with van der Waals surface area (Å²) in [7, 11) is 1.98. The van der Waals surface area contributed by atoms with E-state index >= 15 is 0 Å². The highest BCUT2D eigenvalue weighted by molar-refractivity contribution is 6.31. The second kappa shape index (κ2) is 7.11. The molecule has 3 nitrogen and oxygen atoms in total. The quantitative estimate of drug-likeness (QED) is 0.845. The number of hydrogen-bond acceptors (Lipinski definition) is 2. The summed E-state index contributed by atoms with van der Waals surface area (Å²) in [5, 5.41) is 5.33. The van der Waals surface area contributed by atoms with Crippen molar-refractivity contribution in [2.75, 3.05) is 26.7 Å². The van der Waals surface area contributed by atoms with Gasteiger partial charge in [0.05, 0.1) is 0 Å². The first kappa shape index (κ1) is 15.4. The number of fused-ring (bicyclic) bond motifs is 1. The van der Waals surface area contributed by atoms with Crippen LogP contribution in [0.5, 0.6) is 0 Å². The van der Waals surface area contributed by atoms with Gasteiger partial charge < -0.3 is 14.8 Å². The van der Waals surface area contributed by atoms with Gasteiger partial charge in [-0.15, -0.1) is 0 Å². The van der Waals surface area contributed by atoms with Crippen LogP contribution in [0.25, 0.3) is 10.9 Å². The van der Waals surface area contributed by atoms with Gasteiger partial charge in [-0.2, -0.15) is 0 Å². The highest BCUT2D eigenvalue weighted by Crippen LogP contribution is 2.25. The topological polar surface area (TPSA) is 20.2 Å². The Morgan fingerprint density at radius 3 is 2.65 bits per heavy atom. The maximum Gasteiger partial charge on any atom is 0.0499 e. The summed E-state index contributed by atoms with van der Waals surface area (Å²) in [5.41, 5.74) is 2.56. The minimum atomic E-state index is 0.802. The number of nitrogens with one attached hydrogen (secondary N) is 1. The van der Waals surface area contributed by atoms with E-state index in [2.05, 4.69) is 47.0 Å². The molecule has 0 aliphatic carbocycles. The Morgan fingerprint density at radius 1 is 1.25 bits per heavy atom. The molecular formula is C16H24ClN3.